The van der Waals surface area contributed by atoms with Gasteiger partial charge in [0.1, 0.15) is 0 Å². The number of nitrogens with zero attached hydrogens (tertiary/aromatic N) is 2. The first-order valence-corrected chi connectivity index (χ1v) is 7.35. The van der Waals surface area contributed by atoms with Crippen molar-refractivity contribution in [1.29, 1.82) is 0 Å². The molecule has 0 radical (unpaired) electrons. The molecule has 106 valence electrons. The Kier molecular flexibility index (Phi) is 3.74. The minimum absolute atomic E-state index is 0.241. The second-order valence-corrected chi connectivity index (χ2v) is 5.27. The lowest BCUT2D eigenvalue weighted by molar-refractivity contribution is -0.131. The summed E-state index contributed by atoms with van der Waals surface area (Å²) in [7, 11) is 0. The molecule has 1 amide bonds. The van der Waals surface area contributed by atoms with E-state index in [0.29, 0.717) is 6.42 Å². The molecule has 0 atom stereocenters. The third kappa shape index (κ3) is 2.43. The van der Waals surface area contributed by atoms with Crippen LogP contribution in [0.3, 0.4) is 0 Å². The number of aryl methyl sites for hydroxylation is 1. The van der Waals surface area contributed by atoms with E-state index in [1.807, 2.05) is 11.0 Å². The number of nitrogens with one attached hydrogen (secondary N) is 1. The van der Waals surface area contributed by atoms with Crippen molar-refractivity contribution in [2.45, 2.75) is 19.9 Å². The van der Waals surface area contributed by atoms with Crippen LogP contribution in [-0.4, -0.2) is 41.6 Å². The third-order valence-corrected chi connectivity index (χ3v) is 4.02. The van der Waals surface area contributed by atoms with Crippen LogP contribution in [-0.2, 0) is 17.8 Å². The predicted octanol–water partition coefficient (Wildman–Crippen LogP) is 1.64. The minimum atomic E-state index is 0.241. The third-order valence-electron chi connectivity index (χ3n) is 4.02. The molecule has 3 rings (SSSR count). The maximum Gasteiger partial charge on any atom is 0.227 e. The fourth-order valence-corrected chi connectivity index (χ4v) is 2.91. The number of aromatic nitrogens is 1. The van der Waals surface area contributed by atoms with Crippen LogP contribution in [0.2, 0.25) is 0 Å². The molecule has 0 saturated carbocycles. The molecule has 4 heteroatoms. The zero-order valence-electron chi connectivity index (χ0n) is 11.9. The Morgan fingerprint density at radius 2 is 2.00 bits per heavy atom. The standard InChI is InChI=1S/C16H21N3O/c1-2-18-12-13(14-5-3-4-6-15(14)18)11-16(20)19-9-7-17-8-10-19/h3-6,12,17H,2,7-11H2,1H3. The maximum atomic E-state index is 12.4. The highest BCUT2D eigenvalue weighted by Crippen LogP contribution is 2.22. The first-order valence-electron chi connectivity index (χ1n) is 7.35. The highest BCUT2D eigenvalue weighted by molar-refractivity contribution is 5.89. The van der Waals surface area contributed by atoms with Gasteiger partial charge in [-0.1, -0.05) is 18.2 Å². The zero-order chi connectivity index (χ0) is 13.9. The van der Waals surface area contributed by atoms with E-state index in [9.17, 15) is 4.79 Å². The van der Waals surface area contributed by atoms with Crippen LogP contribution < -0.4 is 5.32 Å². The smallest absolute Gasteiger partial charge is 0.227 e. The summed E-state index contributed by atoms with van der Waals surface area (Å²) in [4.78, 5) is 14.4. The molecule has 20 heavy (non-hydrogen) atoms. The number of hydrogen-bond acceptors (Lipinski definition) is 2. The Morgan fingerprint density at radius 3 is 2.75 bits per heavy atom. The first-order chi connectivity index (χ1) is 9.79. The molecular weight excluding hydrogens is 250 g/mol. The molecule has 0 spiro atoms. The van der Waals surface area contributed by atoms with Crippen molar-refractivity contribution in [3.8, 4) is 0 Å². The second kappa shape index (κ2) is 5.67. The monoisotopic (exact) mass is 271 g/mol. The molecule has 2 aromatic rings. The van der Waals surface area contributed by atoms with Crippen molar-refractivity contribution in [2.24, 2.45) is 0 Å². The molecule has 2 heterocycles. The summed E-state index contributed by atoms with van der Waals surface area (Å²) in [5.41, 5.74) is 2.36. The van der Waals surface area contributed by atoms with E-state index >= 15 is 0 Å². The number of carbonyl (C=O) groups is 1. The minimum Gasteiger partial charge on any atom is -0.347 e. The molecule has 0 aliphatic carbocycles. The van der Waals surface area contributed by atoms with Gasteiger partial charge >= 0.3 is 0 Å². The van der Waals surface area contributed by atoms with Crippen molar-refractivity contribution in [1.82, 2.24) is 14.8 Å². The van der Waals surface area contributed by atoms with Crippen molar-refractivity contribution in [3.63, 3.8) is 0 Å². The summed E-state index contributed by atoms with van der Waals surface area (Å²) in [5, 5.41) is 4.48. The highest BCUT2D eigenvalue weighted by atomic mass is 16.2. The summed E-state index contributed by atoms with van der Waals surface area (Å²) in [6.07, 6.45) is 2.64. The van der Waals surface area contributed by atoms with E-state index in [2.05, 4.69) is 41.2 Å². The molecular formula is C16H21N3O. The van der Waals surface area contributed by atoms with Crippen molar-refractivity contribution < 1.29 is 4.79 Å². The number of piperazine rings is 1. The highest BCUT2D eigenvalue weighted by Gasteiger charge is 2.18. The lowest BCUT2D eigenvalue weighted by atomic mass is 10.1. The fourth-order valence-electron chi connectivity index (χ4n) is 2.91. The normalized spacial score (nSPS) is 15.8. The molecule has 1 aliphatic rings. The van der Waals surface area contributed by atoms with E-state index in [1.54, 1.807) is 0 Å². The number of rotatable bonds is 3. The van der Waals surface area contributed by atoms with Gasteiger partial charge in [0.05, 0.1) is 6.42 Å². The van der Waals surface area contributed by atoms with Crippen molar-refractivity contribution >= 4 is 16.8 Å². The SMILES string of the molecule is CCn1cc(CC(=O)N2CCNCC2)c2ccccc21. The van der Waals surface area contributed by atoms with Crippen molar-refractivity contribution in [2.75, 3.05) is 26.2 Å². The quantitative estimate of drug-likeness (QED) is 0.921. The number of amides is 1. The van der Waals surface area contributed by atoms with E-state index in [4.69, 9.17) is 0 Å². The van der Waals surface area contributed by atoms with Crippen LogP contribution in [0, 0.1) is 0 Å². The predicted molar refractivity (Wildman–Crippen MR) is 80.8 cm³/mol. The molecule has 1 aromatic carbocycles. The molecule has 1 aliphatic heterocycles. The largest absolute Gasteiger partial charge is 0.347 e. The van der Waals surface area contributed by atoms with Gasteiger partial charge in [0.25, 0.3) is 0 Å². The average molecular weight is 271 g/mol. The number of carbonyl (C=O) groups excluding carboxylic acids is 1. The summed E-state index contributed by atoms with van der Waals surface area (Å²) in [6, 6.07) is 8.33. The van der Waals surface area contributed by atoms with Gasteiger partial charge in [-0.15, -0.1) is 0 Å². The Balaban J connectivity index is 1.85. The fraction of sp³-hybridized carbons (Fsp3) is 0.438. The van der Waals surface area contributed by atoms with E-state index in [1.165, 1.54) is 10.9 Å². The van der Waals surface area contributed by atoms with Crippen LogP contribution in [0.15, 0.2) is 30.5 Å². The Labute approximate surface area is 119 Å². The number of para-hydroxylation sites is 1. The van der Waals surface area contributed by atoms with Crippen LogP contribution >= 0.6 is 0 Å². The molecule has 1 aromatic heterocycles. The van der Waals surface area contributed by atoms with Gasteiger partial charge in [-0.25, -0.2) is 0 Å². The molecule has 0 bridgehead atoms. The van der Waals surface area contributed by atoms with E-state index in [-0.39, 0.29) is 5.91 Å². The van der Waals surface area contributed by atoms with Crippen LogP contribution in [0.1, 0.15) is 12.5 Å². The van der Waals surface area contributed by atoms with E-state index in [0.717, 1.165) is 38.3 Å². The topological polar surface area (TPSA) is 37.3 Å². The van der Waals surface area contributed by atoms with Gasteiger partial charge < -0.3 is 14.8 Å². The summed E-state index contributed by atoms with van der Waals surface area (Å²) >= 11 is 0. The van der Waals surface area contributed by atoms with E-state index < -0.39 is 0 Å². The summed E-state index contributed by atoms with van der Waals surface area (Å²) < 4.78 is 2.22. The van der Waals surface area contributed by atoms with Crippen molar-refractivity contribution in [3.05, 3.63) is 36.0 Å². The number of hydrogen-bond donors (Lipinski definition) is 1. The van der Waals surface area contributed by atoms with Crippen LogP contribution in [0.5, 0.6) is 0 Å². The summed E-state index contributed by atoms with van der Waals surface area (Å²) in [6.45, 7) is 6.53. The van der Waals surface area contributed by atoms with Gasteiger partial charge in [0.15, 0.2) is 0 Å². The number of fused-ring (bicyclic) bond motifs is 1. The number of benzene rings is 1. The van der Waals surface area contributed by atoms with Crippen LogP contribution in [0.25, 0.3) is 10.9 Å². The molecule has 0 unspecified atom stereocenters. The first kappa shape index (κ1) is 13.2. The van der Waals surface area contributed by atoms with Gasteiger partial charge in [-0.05, 0) is 18.6 Å². The maximum absolute atomic E-state index is 12.4. The molecule has 1 saturated heterocycles. The average Bonchev–Trinajstić information content (AvgIpc) is 2.86. The molecule has 1 fully saturated rings. The second-order valence-electron chi connectivity index (χ2n) is 5.27. The Hall–Kier alpha value is -1.81. The van der Waals surface area contributed by atoms with Gasteiger partial charge in [-0.2, -0.15) is 0 Å². The lowest BCUT2D eigenvalue weighted by Crippen LogP contribution is -2.46. The Bertz CT molecular complexity index is 611. The Morgan fingerprint density at radius 1 is 1.25 bits per heavy atom. The van der Waals surface area contributed by atoms with Crippen LogP contribution in [0.4, 0.5) is 0 Å². The molecule has 4 nitrogen and oxygen atoms in total. The summed E-state index contributed by atoms with van der Waals surface area (Å²) in [5.74, 6) is 0.241. The van der Waals surface area contributed by atoms with Gasteiger partial charge in [0, 0.05) is 49.8 Å². The molecule has 1 N–H and O–H groups in total. The van der Waals surface area contributed by atoms with Gasteiger partial charge in [-0.3, -0.25) is 4.79 Å². The van der Waals surface area contributed by atoms with Gasteiger partial charge in [0.2, 0.25) is 5.91 Å². The zero-order valence-corrected chi connectivity index (χ0v) is 11.9. The lowest BCUT2D eigenvalue weighted by Gasteiger charge is -2.27.